The molecule has 4 unspecified atom stereocenters. The summed E-state index contributed by atoms with van der Waals surface area (Å²) in [7, 11) is 0. The highest BCUT2D eigenvalue weighted by atomic mass is 32.2. The zero-order valence-electron chi connectivity index (χ0n) is 13.7. The molecule has 2 aliphatic heterocycles. The van der Waals surface area contributed by atoms with Gasteiger partial charge in [0, 0.05) is 18.4 Å². The van der Waals surface area contributed by atoms with E-state index in [1.807, 2.05) is 0 Å². The summed E-state index contributed by atoms with van der Waals surface area (Å²) in [5.74, 6) is 4.38. The Bertz CT molecular complexity index is 316. The topological polar surface area (TPSA) is 21.3 Å². The number of rotatable bonds is 4. The minimum Gasteiger partial charge on any atom is -0.374 e. The molecule has 3 rings (SSSR count). The van der Waals surface area contributed by atoms with Crippen molar-refractivity contribution in [1.82, 2.24) is 5.32 Å². The third-order valence-corrected chi connectivity index (χ3v) is 7.15. The fourth-order valence-electron chi connectivity index (χ4n) is 4.78. The number of nitrogens with one attached hydrogen (secondary N) is 1. The van der Waals surface area contributed by atoms with Crippen molar-refractivity contribution in [2.24, 2.45) is 11.8 Å². The monoisotopic (exact) mass is 311 g/mol. The first-order valence-electron chi connectivity index (χ1n) is 9.28. The maximum absolute atomic E-state index is 6.25. The molecule has 0 aromatic rings. The van der Waals surface area contributed by atoms with E-state index in [1.54, 1.807) is 0 Å². The quantitative estimate of drug-likeness (QED) is 0.785. The van der Waals surface area contributed by atoms with Crippen molar-refractivity contribution < 1.29 is 4.74 Å². The minimum atomic E-state index is 0.259. The van der Waals surface area contributed by atoms with E-state index in [9.17, 15) is 0 Å². The fraction of sp³-hybridized carbons (Fsp3) is 1.00. The third-order valence-electron chi connectivity index (χ3n) is 5.93. The van der Waals surface area contributed by atoms with E-state index in [0.717, 1.165) is 24.5 Å². The van der Waals surface area contributed by atoms with Gasteiger partial charge in [-0.2, -0.15) is 11.8 Å². The maximum Gasteiger partial charge on any atom is 0.0783 e. The predicted octanol–water partition coefficient (Wildman–Crippen LogP) is 4.24. The molecule has 0 bridgehead atoms. The lowest BCUT2D eigenvalue weighted by Gasteiger charge is -2.43. The number of ether oxygens (including phenoxy) is 1. The van der Waals surface area contributed by atoms with Gasteiger partial charge in [-0.3, -0.25) is 0 Å². The van der Waals surface area contributed by atoms with E-state index in [2.05, 4.69) is 24.0 Å². The molecule has 1 spiro atoms. The second kappa shape index (κ2) is 7.70. The molecule has 2 heterocycles. The average molecular weight is 312 g/mol. The number of thioether (sulfide) groups is 1. The van der Waals surface area contributed by atoms with E-state index in [-0.39, 0.29) is 5.60 Å². The van der Waals surface area contributed by atoms with Crippen LogP contribution < -0.4 is 5.32 Å². The summed E-state index contributed by atoms with van der Waals surface area (Å²) in [4.78, 5) is 0. The summed E-state index contributed by atoms with van der Waals surface area (Å²) < 4.78 is 6.25. The summed E-state index contributed by atoms with van der Waals surface area (Å²) in [6.07, 6.45) is 12.4. The first-order chi connectivity index (χ1) is 10.3. The van der Waals surface area contributed by atoms with Gasteiger partial charge in [-0.05, 0) is 62.7 Å². The molecule has 0 aromatic heterocycles. The Morgan fingerprint density at radius 2 is 2.10 bits per heavy atom. The van der Waals surface area contributed by atoms with E-state index >= 15 is 0 Å². The van der Waals surface area contributed by atoms with Crippen LogP contribution in [0, 0.1) is 11.8 Å². The maximum atomic E-state index is 6.25. The van der Waals surface area contributed by atoms with Crippen molar-refractivity contribution in [2.75, 3.05) is 24.7 Å². The highest BCUT2D eigenvalue weighted by molar-refractivity contribution is 7.99. The fourth-order valence-corrected chi connectivity index (χ4v) is 6.16. The highest BCUT2D eigenvalue weighted by Crippen LogP contribution is 2.45. The van der Waals surface area contributed by atoms with Gasteiger partial charge in [0.2, 0.25) is 0 Å². The molecular formula is C18H33NOS. The Kier molecular flexibility index (Phi) is 5.92. The van der Waals surface area contributed by atoms with Crippen LogP contribution in [0.5, 0.6) is 0 Å². The molecule has 1 aliphatic carbocycles. The van der Waals surface area contributed by atoms with Crippen LogP contribution in [-0.2, 0) is 4.74 Å². The second-order valence-electron chi connectivity index (χ2n) is 7.45. The van der Waals surface area contributed by atoms with Gasteiger partial charge in [0.15, 0.2) is 0 Å². The van der Waals surface area contributed by atoms with Crippen LogP contribution in [0.1, 0.15) is 64.7 Å². The molecule has 1 N–H and O–H groups in total. The molecule has 2 saturated heterocycles. The molecule has 0 radical (unpaired) electrons. The Balaban J connectivity index is 1.66. The standard InChI is InChI=1S/C18H33NOS/c1-2-10-19-17-7-5-3-4-6-16(17)15-8-11-20-18(13-15)9-12-21-14-18/h15-17,19H,2-14H2,1H3. The molecule has 3 fully saturated rings. The number of hydrogen-bond acceptors (Lipinski definition) is 3. The summed E-state index contributed by atoms with van der Waals surface area (Å²) in [6, 6.07) is 0.779. The van der Waals surface area contributed by atoms with Crippen LogP contribution in [0.25, 0.3) is 0 Å². The molecule has 4 atom stereocenters. The molecule has 21 heavy (non-hydrogen) atoms. The minimum absolute atomic E-state index is 0.259. The van der Waals surface area contributed by atoms with Crippen LogP contribution in [-0.4, -0.2) is 36.3 Å². The Labute approximate surface area is 135 Å². The van der Waals surface area contributed by atoms with Crippen LogP contribution in [0.15, 0.2) is 0 Å². The first-order valence-corrected chi connectivity index (χ1v) is 10.4. The van der Waals surface area contributed by atoms with Gasteiger partial charge < -0.3 is 10.1 Å². The molecule has 0 aromatic carbocycles. The van der Waals surface area contributed by atoms with Crippen molar-refractivity contribution in [3.63, 3.8) is 0 Å². The lowest BCUT2D eigenvalue weighted by molar-refractivity contribution is -0.0922. The molecule has 122 valence electrons. The second-order valence-corrected chi connectivity index (χ2v) is 8.55. The van der Waals surface area contributed by atoms with Crippen LogP contribution >= 0.6 is 11.8 Å². The van der Waals surface area contributed by atoms with Crippen LogP contribution in [0.2, 0.25) is 0 Å². The largest absolute Gasteiger partial charge is 0.374 e. The molecule has 1 saturated carbocycles. The van der Waals surface area contributed by atoms with Gasteiger partial charge in [0.25, 0.3) is 0 Å². The number of hydrogen-bond donors (Lipinski definition) is 1. The van der Waals surface area contributed by atoms with Gasteiger partial charge in [0.05, 0.1) is 5.60 Å². The van der Waals surface area contributed by atoms with Gasteiger partial charge >= 0.3 is 0 Å². The van der Waals surface area contributed by atoms with Crippen molar-refractivity contribution >= 4 is 11.8 Å². The summed E-state index contributed by atoms with van der Waals surface area (Å²) in [6.45, 7) is 4.51. The zero-order valence-corrected chi connectivity index (χ0v) is 14.6. The lowest BCUT2D eigenvalue weighted by atomic mass is 9.73. The van der Waals surface area contributed by atoms with Crippen LogP contribution in [0.4, 0.5) is 0 Å². The Morgan fingerprint density at radius 1 is 1.19 bits per heavy atom. The predicted molar refractivity (Wildman–Crippen MR) is 92.0 cm³/mol. The average Bonchev–Trinajstić information content (AvgIpc) is 2.82. The van der Waals surface area contributed by atoms with Crippen LogP contribution in [0.3, 0.4) is 0 Å². The lowest BCUT2D eigenvalue weighted by Crippen LogP contribution is -2.46. The molecule has 3 aliphatic rings. The van der Waals surface area contributed by atoms with E-state index < -0.39 is 0 Å². The summed E-state index contributed by atoms with van der Waals surface area (Å²) in [5, 5.41) is 3.89. The first kappa shape index (κ1) is 16.1. The van der Waals surface area contributed by atoms with Crippen molar-refractivity contribution in [2.45, 2.75) is 76.4 Å². The third kappa shape index (κ3) is 3.97. The van der Waals surface area contributed by atoms with Crippen molar-refractivity contribution in [3.8, 4) is 0 Å². The highest BCUT2D eigenvalue weighted by Gasteiger charge is 2.43. The van der Waals surface area contributed by atoms with E-state index in [4.69, 9.17) is 4.74 Å². The molecule has 3 heteroatoms. The normalized spacial score (nSPS) is 41.3. The zero-order chi connectivity index (χ0) is 14.5. The summed E-state index contributed by atoms with van der Waals surface area (Å²) in [5.41, 5.74) is 0.259. The van der Waals surface area contributed by atoms with Gasteiger partial charge in [-0.25, -0.2) is 0 Å². The smallest absolute Gasteiger partial charge is 0.0783 e. The van der Waals surface area contributed by atoms with Crippen molar-refractivity contribution in [3.05, 3.63) is 0 Å². The molecule has 2 nitrogen and oxygen atoms in total. The van der Waals surface area contributed by atoms with E-state index in [1.165, 1.54) is 75.8 Å². The summed E-state index contributed by atoms with van der Waals surface area (Å²) >= 11 is 2.11. The Hall–Kier alpha value is 0.270. The van der Waals surface area contributed by atoms with Crippen molar-refractivity contribution in [1.29, 1.82) is 0 Å². The van der Waals surface area contributed by atoms with Gasteiger partial charge in [-0.1, -0.05) is 26.2 Å². The van der Waals surface area contributed by atoms with Gasteiger partial charge in [-0.15, -0.1) is 0 Å². The van der Waals surface area contributed by atoms with E-state index in [0.29, 0.717) is 0 Å². The molecule has 0 amide bonds. The SMILES string of the molecule is CCCNC1CCCCCC1C1CCOC2(CCSC2)C1. The Morgan fingerprint density at radius 3 is 2.90 bits per heavy atom. The van der Waals surface area contributed by atoms with Gasteiger partial charge in [0.1, 0.15) is 0 Å². The molecular weight excluding hydrogens is 278 g/mol.